The summed E-state index contributed by atoms with van der Waals surface area (Å²) in [5.74, 6) is 0. The van der Waals surface area contributed by atoms with Gasteiger partial charge in [-0.2, -0.15) is 5.26 Å². The zero-order valence-corrected chi connectivity index (χ0v) is 4.83. The van der Waals surface area contributed by atoms with E-state index in [0.29, 0.717) is 6.42 Å². The minimum atomic E-state index is 0.403. The molecule has 0 heterocycles. The molecule has 32 valence electrons. The number of nitriles is 1. The van der Waals surface area contributed by atoms with E-state index in [1.165, 1.54) is 0 Å². The van der Waals surface area contributed by atoms with Crippen LogP contribution in [-0.4, -0.2) is 0 Å². The maximum absolute atomic E-state index is 7.90. The van der Waals surface area contributed by atoms with Gasteiger partial charge in [0.15, 0.2) is 0 Å². The molecule has 0 N–H and O–H groups in total. The zero-order valence-electron chi connectivity index (χ0n) is 3.24. The van der Waals surface area contributed by atoms with E-state index >= 15 is 0 Å². The quantitative estimate of drug-likeness (QED) is 0.553. The minimum absolute atomic E-state index is 0.403. The summed E-state index contributed by atoms with van der Waals surface area (Å²) in [6.45, 7) is 3.44. The lowest BCUT2D eigenvalue weighted by molar-refractivity contribution is 1.35. The number of hydrogen-bond acceptors (Lipinski definition) is 1. The zero-order chi connectivity index (χ0) is 4.99. The van der Waals surface area contributed by atoms with Crippen molar-refractivity contribution in [2.75, 3.05) is 0 Å². The first-order valence-corrected chi connectivity index (χ1v) is 2.27. The van der Waals surface area contributed by atoms with E-state index in [1.54, 1.807) is 0 Å². The summed E-state index contributed by atoms with van der Waals surface area (Å²) in [6, 6.07) is 1.92. The fourth-order valence-electron chi connectivity index (χ4n) is 0.0858. The molecule has 0 aromatic rings. The molecular formula is C4H4BrN. The summed E-state index contributed by atoms with van der Waals surface area (Å²) in [5, 5.41) is 7.90. The van der Waals surface area contributed by atoms with Gasteiger partial charge in [0, 0.05) is 4.48 Å². The van der Waals surface area contributed by atoms with Crippen LogP contribution in [0.25, 0.3) is 0 Å². The monoisotopic (exact) mass is 145 g/mol. The fourth-order valence-corrected chi connectivity index (χ4v) is 0.211. The van der Waals surface area contributed by atoms with E-state index in [2.05, 4.69) is 22.5 Å². The molecule has 0 amide bonds. The Morgan fingerprint density at radius 3 is 2.50 bits per heavy atom. The molecule has 0 aromatic carbocycles. The molecule has 0 bridgehead atoms. The van der Waals surface area contributed by atoms with Crippen molar-refractivity contribution in [3.05, 3.63) is 11.1 Å². The molecule has 0 unspecified atom stereocenters. The van der Waals surface area contributed by atoms with Crippen molar-refractivity contribution in [2.24, 2.45) is 0 Å². The van der Waals surface area contributed by atoms with Crippen LogP contribution in [0.2, 0.25) is 0 Å². The molecule has 0 aliphatic carbocycles. The highest BCUT2D eigenvalue weighted by molar-refractivity contribution is 9.11. The van der Waals surface area contributed by atoms with E-state index in [9.17, 15) is 0 Å². The second-order valence-corrected chi connectivity index (χ2v) is 1.97. The van der Waals surface area contributed by atoms with E-state index in [4.69, 9.17) is 5.26 Å². The van der Waals surface area contributed by atoms with Crippen molar-refractivity contribution < 1.29 is 0 Å². The first-order chi connectivity index (χ1) is 2.77. The predicted molar refractivity (Wildman–Crippen MR) is 28.3 cm³/mol. The molecule has 1 nitrogen and oxygen atoms in total. The third-order valence-electron chi connectivity index (χ3n) is 0.271. The number of rotatable bonds is 1. The van der Waals surface area contributed by atoms with Crippen LogP contribution < -0.4 is 0 Å². The summed E-state index contributed by atoms with van der Waals surface area (Å²) in [7, 11) is 0. The molecule has 0 saturated carbocycles. The van der Waals surface area contributed by atoms with Gasteiger partial charge in [-0.15, -0.1) is 0 Å². The third kappa shape index (κ3) is 3.71. The van der Waals surface area contributed by atoms with Crippen LogP contribution in [0.1, 0.15) is 6.42 Å². The lowest BCUT2D eigenvalue weighted by Gasteiger charge is -1.74. The van der Waals surface area contributed by atoms with Crippen molar-refractivity contribution in [3.63, 3.8) is 0 Å². The van der Waals surface area contributed by atoms with Crippen LogP contribution in [-0.2, 0) is 0 Å². The molecule has 0 saturated heterocycles. The first kappa shape index (κ1) is 5.71. The van der Waals surface area contributed by atoms with Crippen LogP contribution in [0.4, 0.5) is 0 Å². The van der Waals surface area contributed by atoms with Gasteiger partial charge >= 0.3 is 0 Å². The standard InChI is InChI=1S/C4H4BrN/c1-4(5)2-3-6/h1-2H2. The predicted octanol–water partition coefficient (Wildman–Crippen LogP) is 1.81. The second kappa shape index (κ2) is 2.92. The van der Waals surface area contributed by atoms with Gasteiger partial charge in [0.1, 0.15) is 0 Å². The Kier molecular flexibility index (Phi) is 2.78. The lowest BCUT2D eigenvalue weighted by Crippen LogP contribution is -1.57. The molecule has 0 spiro atoms. The molecule has 2 heteroatoms. The topological polar surface area (TPSA) is 23.8 Å². The van der Waals surface area contributed by atoms with Crippen LogP contribution >= 0.6 is 15.9 Å². The Morgan fingerprint density at radius 2 is 2.50 bits per heavy atom. The van der Waals surface area contributed by atoms with Gasteiger partial charge in [-0.3, -0.25) is 0 Å². The third-order valence-corrected chi connectivity index (χ3v) is 0.551. The largest absolute Gasteiger partial charge is 0.198 e. The van der Waals surface area contributed by atoms with E-state index < -0.39 is 0 Å². The minimum Gasteiger partial charge on any atom is -0.198 e. The van der Waals surface area contributed by atoms with E-state index in [-0.39, 0.29) is 0 Å². The molecular weight excluding hydrogens is 142 g/mol. The summed E-state index contributed by atoms with van der Waals surface area (Å²) in [6.07, 6.45) is 0.403. The molecule has 0 fully saturated rings. The Morgan fingerprint density at radius 1 is 2.00 bits per heavy atom. The Hall–Kier alpha value is -0.290. The van der Waals surface area contributed by atoms with Gasteiger partial charge in [-0.1, -0.05) is 22.5 Å². The van der Waals surface area contributed by atoms with E-state index in [0.717, 1.165) is 4.48 Å². The molecule has 0 aliphatic rings. The van der Waals surface area contributed by atoms with Crippen molar-refractivity contribution in [1.82, 2.24) is 0 Å². The van der Waals surface area contributed by atoms with E-state index in [1.807, 2.05) is 6.07 Å². The SMILES string of the molecule is C=C(Br)CC#N. The lowest BCUT2D eigenvalue weighted by atomic mass is 10.5. The molecule has 6 heavy (non-hydrogen) atoms. The second-order valence-electron chi connectivity index (χ2n) is 0.852. The fraction of sp³-hybridized carbons (Fsp3) is 0.250. The average molecular weight is 146 g/mol. The molecule has 0 rings (SSSR count). The highest BCUT2D eigenvalue weighted by Gasteiger charge is 1.77. The summed E-state index contributed by atoms with van der Waals surface area (Å²) < 4.78 is 0.741. The van der Waals surface area contributed by atoms with Gasteiger partial charge in [0.25, 0.3) is 0 Å². The summed E-state index contributed by atoms with van der Waals surface area (Å²) in [5.41, 5.74) is 0. The molecule has 0 radical (unpaired) electrons. The van der Waals surface area contributed by atoms with Crippen LogP contribution in [0.5, 0.6) is 0 Å². The number of allylic oxidation sites excluding steroid dienone is 1. The van der Waals surface area contributed by atoms with Crippen LogP contribution in [0, 0.1) is 11.3 Å². The first-order valence-electron chi connectivity index (χ1n) is 1.47. The number of hydrogen-bond donors (Lipinski definition) is 0. The summed E-state index contributed by atoms with van der Waals surface area (Å²) in [4.78, 5) is 0. The van der Waals surface area contributed by atoms with Gasteiger partial charge in [-0.05, 0) is 0 Å². The van der Waals surface area contributed by atoms with Crippen molar-refractivity contribution >= 4 is 15.9 Å². The Balaban J connectivity index is 3.13. The number of halogens is 1. The van der Waals surface area contributed by atoms with Gasteiger partial charge in [-0.25, -0.2) is 0 Å². The van der Waals surface area contributed by atoms with Crippen LogP contribution in [0.15, 0.2) is 11.1 Å². The summed E-state index contributed by atoms with van der Waals surface area (Å²) >= 11 is 3.02. The normalized spacial score (nSPS) is 6.67. The van der Waals surface area contributed by atoms with Crippen LogP contribution in [0.3, 0.4) is 0 Å². The molecule has 0 aromatic heterocycles. The Labute approximate surface area is 45.4 Å². The molecule has 0 aliphatic heterocycles. The smallest absolute Gasteiger partial charge is 0.0675 e. The molecule has 0 atom stereocenters. The highest BCUT2D eigenvalue weighted by atomic mass is 79.9. The average Bonchev–Trinajstić information content (AvgIpc) is 1.35. The highest BCUT2D eigenvalue weighted by Crippen LogP contribution is 2.02. The van der Waals surface area contributed by atoms with Gasteiger partial charge in [0.05, 0.1) is 12.5 Å². The van der Waals surface area contributed by atoms with Gasteiger partial charge in [0.2, 0.25) is 0 Å². The van der Waals surface area contributed by atoms with Gasteiger partial charge < -0.3 is 0 Å². The maximum Gasteiger partial charge on any atom is 0.0675 e. The van der Waals surface area contributed by atoms with Crippen molar-refractivity contribution in [1.29, 1.82) is 5.26 Å². The number of nitrogens with zero attached hydrogens (tertiary/aromatic N) is 1. The van der Waals surface area contributed by atoms with Crippen molar-refractivity contribution in [3.8, 4) is 6.07 Å². The maximum atomic E-state index is 7.90. The Bertz CT molecular complexity index is 90.2. The van der Waals surface area contributed by atoms with Crippen molar-refractivity contribution in [2.45, 2.75) is 6.42 Å².